The molecule has 0 unspecified atom stereocenters. The van der Waals surface area contributed by atoms with Gasteiger partial charge in [0.1, 0.15) is 0 Å². The molecule has 0 spiro atoms. The number of hydrogen-bond donors (Lipinski definition) is 0. The molecule has 0 aromatic carbocycles. The van der Waals surface area contributed by atoms with E-state index in [1.807, 2.05) is 0 Å². The molecular formula is C18H24O7. The number of methoxy groups -OCH3 is 2. The van der Waals surface area contributed by atoms with Crippen molar-refractivity contribution in [3.8, 4) is 0 Å². The van der Waals surface area contributed by atoms with Gasteiger partial charge in [0.2, 0.25) is 5.78 Å². The third kappa shape index (κ3) is 3.07. The Morgan fingerprint density at radius 2 is 1.68 bits per heavy atom. The molecule has 25 heavy (non-hydrogen) atoms. The second-order valence-electron chi connectivity index (χ2n) is 6.53. The van der Waals surface area contributed by atoms with Crippen LogP contribution in [0.2, 0.25) is 0 Å². The van der Waals surface area contributed by atoms with Crippen molar-refractivity contribution in [2.45, 2.75) is 26.2 Å². The van der Waals surface area contributed by atoms with E-state index in [0.29, 0.717) is 0 Å². The normalized spacial score (nSPS) is 27.2. The summed E-state index contributed by atoms with van der Waals surface area (Å²) in [4.78, 5) is 50.0. The summed E-state index contributed by atoms with van der Waals surface area (Å²) in [5, 5.41) is 0. The Kier molecular flexibility index (Phi) is 5.65. The average molecular weight is 352 g/mol. The van der Waals surface area contributed by atoms with Crippen LogP contribution in [-0.2, 0) is 33.4 Å². The molecule has 0 aliphatic heterocycles. The number of carbonyl (C=O) groups excluding carboxylic acids is 4. The minimum atomic E-state index is -1.60. The molecule has 2 aliphatic rings. The van der Waals surface area contributed by atoms with E-state index in [4.69, 9.17) is 14.2 Å². The third-order valence-corrected chi connectivity index (χ3v) is 5.29. The number of rotatable bonds is 7. The van der Waals surface area contributed by atoms with Gasteiger partial charge in [0.25, 0.3) is 0 Å². The lowest BCUT2D eigenvalue weighted by molar-refractivity contribution is -0.174. The van der Waals surface area contributed by atoms with Crippen LogP contribution in [0.1, 0.15) is 26.2 Å². The van der Waals surface area contributed by atoms with Crippen molar-refractivity contribution in [3.05, 3.63) is 12.7 Å². The van der Waals surface area contributed by atoms with Crippen molar-refractivity contribution >= 4 is 23.7 Å². The maximum Gasteiger partial charge on any atom is 0.374 e. The lowest BCUT2D eigenvalue weighted by atomic mass is 9.71. The number of ketones is 1. The van der Waals surface area contributed by atoms with Gasteiger partial charge in [-0.1, -0.05) is 6.08 Å². The van der Waals surface area contributed by atoms with Crippen LogP contribution in [0.15, 0.2) is 12.7 Å². The minimum Gasteiger partial charge on any atom is -0.468 e. The van der Waals surface area contributed by atoms with Crippen molar-refractivity contribution in [2.75, 3.05) is 20.8 Å². The second kappa shape index (κ2) is 7.37. The molecule has 0 heterocycles. The first-order valence-electron chi connectivity index (χ1n) is 8.39. The Bertz CT molecular complexity index is 574. The number of hydrogen-bond acceptors (Lipinski definition) is 7. The van der Waals surface area contributed by atoms with E-state index in [1.54, 1.807) is 6.92 Å². The number of ether oxygens (including phenoxy) is 3. The van der Waals surface area contributed by atoms with E-state index in [1.165, 1.54) is 20.3 Å². The van der Waals surface area contributed by atoms with Crippen molar-refractivity contribution in [1.29, 1.82) is 0 Å². The van der Waals surface area contributed by atoms with Gasteiger partial charge in [-0.2, -0.15) is 0 Å². The molecule has 0 radical (unpaired) electrons. The van der Waals surface area contributed by atoms with Gasteiger partial charge in [0.15, 0.2) is 5.41 Å². The average Bonchev–Trinajstić information content (AvgIpc) is 3.40. The molecule has 0 aromatic rings. The highest BCUT2D eigenvalue weighted by molar-refractivity contribution is 6.35. The molecule has 2 aliphatic carbocycles. The van der Waals surface area contributed by atoms with Gasteiger partial charge in [-0.15, -0.1) is 6.58 Å². The summed E-state index contributed by atoms with van der Waals surface area (Å²) in [6, 6.07) is 0. The minimum absolute atomic E-state index is 0.0217. The highest BCUT2D eigenvalue weighted by Crippen LogP contribution is 2.60. The lowest BCUT2D eigenvalue weighted by Gasteiger charge is -2.31. The number of carbonyl (C=O) groups is 4. The topological polar surface area (TPSA) is 96.0 Å². The zero-order valence-electron chi connectivity index (χ0n) is 14.8. The Hall–Kier alpha value is -2.18. The van der Waals surface area contributed by atoms with Gasteiger partial charge < -0.3 is 14.2 Å². The first kappa shape index (κ1) is 19.1. The smallest absolute Gasteiger partial charge is 0.374 e. The number of allylic oxidation sites excluding steroid dienone is 1. The summed E-state index contributed by atoms with van der Waals surface area (Å²) < 4.78 is 14.6. The molecule has 0 aromatic heterocycles. The zero-order chi connectivity index (χ0) is 18.8. The zero-order valence-corrected chi connectivity index (χ0v) is 14.8. The lowest BCUT2D eigenvalue weighted by Crippen LogP contribution is -2.47. The van der Waals surface area contributed by atoms with Gasteiger partial charge >= 0.3 is 17.9 Å². The predicted molar refractivity (Wildman–Crippen MR) is 86.1 cm³/mol. The van der Waals surface area contributed by atoms with Gasteiger partial charge in [-0.05, 0) is 43.9 Å². The molecule has 2 fully saturated rings. The first-order chi connectivity index (χ1) is 11.9. The summed E-state index contributed by atoms with van der Waals surface area (Å²) in [6.45, 7) is 5.40. The fourth-order valence-electron chi connectivity index (χ4n) is 4.17. The fourth-order valence-corrected chi connectivity index (χ4v) is 4.17. The van der Waals surface area contributed by atoms with Gasteiger partial charge in [0.05, 0.1) is 20.8 Å². The molecule has 0 amide bonds. The van der Waals surface area contributed by atoms with Crippen LogP contribution in [0.25, 0.3) is 0 Å². The van der Waals surface area contributed by atoms with E-state index < -0.39 is 46.9 Å². The summed E-state index contributed by atoms with van der Waals surface area (Å²) in [5.74, 6) is -5.18. The van der Waals surface area contributed by atoms with Gasteiger partial charge in [-0.3, -0.25) is 14.4 Å². The molecule has 3 atom stereocenters. The summed E-state index contributed by atoms with van der Waals surface area (Å²) >= 11 is 0. The largest absolute Gasteiger partial charge is 0.468 e. The van der Waals surface area contributed by atoms with Crippen LogP contribution in [0.5, 0.6) is 0 Å². The molecule has 7 heteroatoms. The van der Waals surface area contributed by atoms with Crippen LogP contribution < -0.4 is 0 Å². The highest BCUT2D eigenvalue weighted by Gasteiger charge is 2.68. The van der Waals surface area contributed by atoms with E-state index in [0.717, 1.165) is 12.8 Å². The Balaban J connectivity index is 2.53. The van der Waals surface area contributed by atoms with Crippen LogP contribution in [-0.4, -0.2) is 44.5 Å². The van der Waals surface area contributed by atoms with Gasteiger partial charge in [-0.25, -0.2) is 4.79 Å². The van der Waals surface area contributed by atoms with Crippen LogP contribution in [0, 0.1) is 29.1 Å². The molecular weight excluding hydrogens is 328 g/mol. The summed E-state index contributed by atoms with van der Waals surface area (Å²) in [6.07, 6.45) is 3.10. The Morgan fingerprint density at radius 3 is 2.08 bits per heavy atom. The van der Waals surface area contributed by atoms with Gasteiger partial charge in [0, 0.05) is 5.92 Å². The van der Waals surface area contributed by atoms with E-state index in [9.17, 15) is 19.2 Å². The maximum atomic E-state index is 12.7. The SMILES string of the molecule is C=C[C@H]1CC(C(=O)OC)(C(=O)OC)[C@H](C2CC2)[C@H]1C(=O)C(=O)OCC. The number of Topliss-reactive ketones (excluding diaryl/α,β-unsaturated/α-hetero) is 1. The van der Waals surface area contributed by atoms with E-state index in [-0.39, 0.29) is 18.9 Å². The van der Waals surface area contributed by atoms with Crippen LogP contribution in [0.3, 0.4) is 0 Å². The highest BCUT2D eigenvalue weighted by atomic mass is 16.5. The van der Waals surface area contributed by atoms with E-state index in [2.05, 4.69) is 6.58 Å². The van der Waals surface area contributed by atoms with E-state index >= 15 is 0 Å². The number of esters is 3. The maximum absolute atomic E-state index is 12.7. The van der Waals surface area contributed by atoms with Crippen molar-refractivity contribution < 1.29 is 33.4 Å². The summed E-state index contributed by atoms with van der Waals surface area (Å²) in [5.41, 5.74) is -1.60. The first-order valence-corrected chi connectivity index (χ1v) is 8.39. The molecule has 0 N–H and O–H groups in total. The molecule has 2 saturated carbocycles. The Labute approximate surface area is 146 Å². The molecule has 0 saturated heterocycles. The van der Waals surface area contributed by atoms with Crippen LogP contribution >= 0.6 is 0 Å². The Morgan fingerprint density at radius 1 is 1.12 bits per heavy atom. The summed E-state index contributed by atoms with van der Waals surface area (Å²) in [7, 11) is 2.39. The molecule has 7 nitrogen and oxygen atoms in total. The molecule has 138 valence electrons. The standard InChI is InChI=1S/C18H24O7/c1-5-10-9-18(16(21)23-3,17(22)24-4)13(11-7-8-11)12(10)14(19)15(20)25-6-2/h5,10-13H,1,6-9H2,2-4H3/t10-,12-,13+/m0/s1. The van der Waals surface area contributed by atoms with Crippen molar-refractivity contribution in [3.63, 3.8) is 0 Å². The quantitative estimate of drug-likeness (QED) is 0.224. The fraction of sp³-hybridized carbons (Fsp3) is 0.667. The van der Waals surface area contributed by atoms with Crippen molar-refractivity contribution in [2.24, 2.45) is 29.1 Å². The predicted octanol–water partition coefficient (Wildman–Crippen LogP) is 1.30. The molecule has 0 bridgehead atoms. The third-order valence-electron chi connectivity index (χ3n) is 5.29. The monoisotopic (exact) mass is 352 g/mol. The molecule has 2 rings (SSSR count). The second-order valence-corrected chi connectivity index (χ2v) is 6.53. The van der Waals surface area contributed by atoms with Crippen LogP contribution in [0.4, 0.5) is 0 Å². The van der Waals surface area contributed by atoms with Crippen molar-refractivity contribution in [1.82, 2.24) is 0 Å².